The Labute approximate surface area is 166 Å². The van der Waals surface area contributed by atoms with E-state index in [0.717, 1.165) is 22.4 Å². The highest BCUT2D eigenvalue weighted by atomic mass is 16.2. The van der Waals surface area contributed by atoms with E-state index in [1.165, 1.54) is 5.56 Å². The van der Waals surface area contributed by atoms with Gasteiger partial charge in [0.25, 0.3) is 5.91 Å². The summed E-state index contributed by atoms with van der Waals surface area (Å²) in [5, 5.41) is 8.59. The summed E-state index contributed by atoms with van der Waals surface area (Å²) in [4.78, 5) is 25.2. The van der Waals surface area contributed by atoms with Gasteiger partial charge in [0, 0.05) is 11.4 Å². The molecule has 3 amide bonds. The lowest BCUT2D eigenvalue weighted by molar-refractivity contribution is -0.113. The minimum absolute atomic E-state index is 0.227. The van der Waals surface area contributed by atoms with E-state index in [1.807, 2.05) is 56.3 Å². The van der Waals surface area contributed by atoms with Gasteiger partial charge in [-0.2, -0.15) is 0 Å². The Morgan fingerprint density at radius 3 is 2.32 bits per heavy atom. The van der Waals surface area contributed by atoms with Crippen LogP contribution in [-0.2, 0) is 4.79 Å². The fourth-order valence-electron chi connectivity index (χ4n) is 3.46. The normalized spacial score (nSPS) is 16.6. The Kier molecular flexibility index (Phi) is 5.54. The number of hydrogen-bond donors (Lipinski definition) is 3. The van der Waals surface area contributed by atoms with Gasteiger partial charge in [0.1, 0.15) is 0 Å². The molecular formula is C23H27N3O2. The Morgan fingerprint density at radius 2 is 1.71 bits per heavy atom. The largest absolute Gasteiger partial charge is 0.327 e. The maximum absolute atomic E-state index is 13.1. The van der Waals surface area contributed by atoms with E-state index < -0.39 is 6.04 Å². The lowest BCUT2D eigenvalue weighted by Gasteiger charge is -2.29. The highest BCUT2D eigenvalue weighted by Crippen LogP contribution is 2.29. The van der Waals surface area contributed by atoms with Crippen LogP contribution in [0, 0.1) is 13.8 Å². The lowest BCUT2D eigenvalue weighted by atomic mass is 9.92. The number of hydrogen-bond acceptors (Lipinski definition) is 2. The Hall–Kier alpha value is -3.08. The molecule has 5 nitrogen and oxygen atoms in total. The molecule has 0 aliphatic carbocycles. The van der Waals surface area contributed by atoms with Crippen molar-refractivity contribution < 1.29 is 9.59 Å². The molecule has 2 aromatic rings. The predicted octanol–water partition coefficient (Wildman–Crippen LogP) is 4.69. The third-order valence-corrected chi connectivity index (χ3v) is 5.08. The van der Waals surface area contributed by atoms with Crippen LogP contribution >= 0.6 is 0 Å². The predicted molar refractivity (Wildman–Crippen MR) is 112 cm³/mol. The van der Waals surface area contributed by atoms with Crippen molar-refractivity contribution >= 4 is 17.6 Å². The van der Waals surface area contributed by atoms with Gasteiger partial charge < -0.3 is 16.0 Å². The van der Waals surface area contributed by atoms with Crippen LogP contribution in [0.15, 0.2) is 53.7 Å². The SMILES string of the molecule is CC1=C(C(=O)Nc2ccc(C)cc2C)[C@H](c2ccc(C(C)C)cc2)NC(=O)N1. The van der Waals surface area contributed by atoms with E-state index in [0.29, 0.717) is 17.2 Å². The molecule has 0 bridgehead atoms. The second kappa shape index (κ2) is 7.89. The molecule has 3 rings (SSSR count). The molecule has 0 saturated heterocycles. The van der Waals surface area contributed by atoms with Crippen LogP contribution < -0.4 is 16.0 Å². The second-order valence-corrected chi connectivity index (χ2v) is 7.66. The molecule has 1 atom stereocenters. The van der Waals surface area contributed by atoms with Gasteiger partial charge in [0.2, 0.25) is 0 Å². The van der Waals surface area contributed by atoms with Crippen molar-refractivity contribution in [1.82, 2.24) is 10.6 Å². The van der Waals surface area contributed by atoms with Crippen LogP contribution in [0.5, 0.6) is 0 Å². The van der Waals surface area contributed by atoms with Crippen LogP contribution in [0.2, 0.25) is 0 Å². The summed E-state index contributed by atoms with van der Waals surface area (Å²) in [6.45, 7) is 10.0. The van der Waals surface area contributed by atoms with Crippen LogP contribution in [0.4, 0.5) is 10.5 Å². The van der Waals surface area contributed by atoms with Crippen molar-refractivity contribution in [3.8, 4) is 0 Å². The molecule has 3 N–H and O–H groups in total. The minimum atomic E-state index is -0.499. The number of amides is 3. The van der Waals surface area contributed by atoms with E-state index in [2.05, 4.69) is 29.8 Å². The third kappa shape index (κ3) is 4.09. The molecule has 146 valence electrons. The van der Waals surface area contributed by atoms with Crippen molar-refractivity contribution in [3.63, 3.8) is 0 Å². The number of nitrogens with one attached hydrogen (secondary N) is 3. The van der Waals surface area contributed by atoms with E-state index in [4.69, 9.17) is 0 Å². The van der Waals surface area contributed by atoms with Crippen molar-refractivity contribution in [1.29, 1.82) is 0 Å². The number of aryl methyl sites for hydroxylation is 2. The molecule has 0 spiro atoms. The molecule has 0 unspecified atom stereocenters. The summed E-state index contributed by atoms with van der Waals surface area (Å²) in [5.74, 6) is 0.191. The van der Waals surface area contributed by atoms with E-state index in [1.54, 1.807) is 6.92 Å². The van der Waals surface area contributed by atoms with Crippen LogP contribution in [-0.4, -0.2) is 11.9 Å². The average molecular weight is 377 g/mol. The van der Waals surface area contributed by atoms with Gasteiger partial charge in [-0.25, -0.2) is 4.79 Å². The number of rotatable bonds is 4. The standard InChI is InChI=1S/C23H27N3O2/c1-13(2)17-7-9-18(10-8-17)21-20(16(5)24-23(28)26-21)22(27)25-19-11-6-14(3)12-15(19)4/h6-13,21H,1-5H3,(H,25,27)(H2,24,26,28)/t21-/m0/s1. The molecule has 1 aliphatic rings. The first-order valence-electron chi connectivity index (χ1n) is 9.53. The highest BCUT2D eigenvalue weighted by Gasteiger charge is 2.31. The van der Waals surface area contributed by atoms with Crippen molar-refractivity contribution in [2.24, 2.45) is 0 Å². The van der Waals surface area contributed by atoms with Crippen molar-refractivity contribution in [2.45, 2.75) is 46.6 Å². The van der Waals surface area contributed by atoms with Gasteiger partial charge in [0.15, 0.2) is 0 Å². The first-order valence-corrected chi connectivity index (χ1v) is 9.53. The van der Waals surface area contributed by atoms with Crippen molar-refractivity contribution in [3.05, 3.63) is 76.0 Å². The topological polar surface area (TPSA) is 70.2 Å². The summed E-state index contributed by atoms with van der Waals surface area (Å²) in [6.07, 6.45) is 0. The summed E-state index contributed by atoms with van der Waals surface area (Å²) < 4.78 is 0. The maximum atomic E-state index is 13.1. The zero-order valence-corrected chi connectivity index (χ0v) is 17.0. The zero-order valence-electron chi connectivity index (χ0n) is 17.0. The second-order valence-electron chi connectivity index (χ2n) is 7.66. The van der Waals surface area contributed by atoms with Gasteiger partial charge in [-0.15, -0.1) is 0 Å². The van der Waals surface area contributed by atoms with E-state index in [-0.39, 0.29) is 11.9 Å². The number of urea groups is 1. The van der Waals surface area contributed by atoms with Gasteiger partial charge >= 0.3 is 6.03 Å². The van der Waals surface area contributed by atoms with Crippen molar-refractivity contribution in [2.75, 3.05) is 5.32 Å². The summed E-state index contributed by atoms with van der Waals surface area (Å²) in [6, 6.07) is 13.1. The molecule has 28 heavy (non-hydrogen) atoms. The van der Waals surface area contributed by atoms with Gasteiger partial charge in [-0.3, -0.25) is 4.79 Å². The van der Waals surface area contributed by atoms with Gasteiger partial charge in [0.05, 0.1) is 11.6 Å². The minimum Gasteiger partial charge on any atom is -0.327 e. The average Bonchev–Trinajstić information content (AvgIpc) is 2.63. The Balaban J connectivity index is 1.93. The fourth-order valence-corrected chi connectivity index (χ4v) is 3.46. The molecular weight excluding hydrogens is 350 g/mol. The fraction of sp³-hybridized carbons (Fsp3) is 0.304. The van der Waals surface area contributed by atoms with Crippen LogP contribution in [0.25, 0.3) is 0 Å². The van der Waals surface area contributed by atoms with Crippen LogP contribution in [0.1, 0.15) is 55.0 Å². The first kappa shape index (κ1) is 19.7. The van der Waals surface area contributed by atoms with Crippen LogP contribution in [0.3, 0.4) is 0 Å². The quantitative estimate of drug-likeness (QED) is 0.723. The Morgan fingerprint density at radius 1 is 1.04 bits per heavy atom. The van der Waals surface area contributed by atoms with E-state index >= 15 is 0 Å². The number of benzene rings is 2. The molecule has 0 aromatic heterocycles. The van der Waals surface area contributed by atoms with Gasteiger partial charge in [-0.1, -0.05) is 55.8 Å². The highest BCUT2D eigenvalue weighted by molar-refractivity contribution is 6.07. The molecule has 0 radical (unpaired) electrons. The first-order chi connectivity index (χ1) is 13.3. The maximum Gasteiger partial charge on any atom is 0.319 e. The molecule has 0 saturated carbocycles. The van der Waals surface area contributed by atoms with E-state index in [9.17, 15) is 9.59 Å². The number of allylic oxidation sites excluding steroid dienone is 1. The van der Waals surface area contributed by atoms with Gasteiger partial charge in [-0.05, 0) is 49.4 Å². The number of anilines is 1. The number of carbonyl (C=O) groups excluding carboxylic acids is 2. The number of carbonyl (C=O) groups is 2. The zero-order chi connectivity index (χ0) is 20.4. The summed E-state index contributed by atoms with van der Waals surface area (Å²) in [7, 11) is 0. The molecule has 1 aliphatic heterocycles. The monoisotopic (exact) mass is 377 g/mol. The molecule has 2 aromatic carbocycles. The summed E-state index contributed by atoms with van der Waals surface area (Å²) >= 11 is 0. The molecule has 1 heterocycles. The smallest absolute Gasteiger partial charge is 0.319 e. The summed E-state index contributed by atoms with van der Waals surface area (Å²) in [5.41, 5.74) is 6.07. The molecule has 0 fully saturated rings. The third-order valence-electron chi connectivity index (χ3n) is 5.08. The molecule has 5 heteroatoms. The Bertz CT molecular complexity index is 943. The lowest BCUT2D eigenvalue weighted by Crippen LogP contribution is -2.46.